The molecule has 1 aliphatic heterocycles. The van der Waals surface area contributed by atoms with Crippen LogP contribution in [-0.2, 0) is 17.7 Å². The summed E-state index contributed by atoms with van der Waals surface area (Å²) in [5.74, 6) is 1.73. The molecule has 0 bridgehead atoms. The number of para-hydroxylation sites is 1. The average Bonchev–Trinajstić information content (AvgIpc) is 3.43. The highest BCUT2D eigenvalue weighted by molar-refractivity contribution is 5.83. The number of hydrogen-bond acceptors (Lipinski definition) is 3. The fourth-order valence-electron chi connectivity index (χ4n) is 3.85. The second kappa shape index (κ2) is 10.4. The first-order valence-electron chi connectivity index (χ1n) is 11.1. The third-order valence-corrected chi connectivity index (χ3v) is 5.52. The van der Waals surface area contributed by atoms with Crippen LogP contribution in [0.15, 0.2) is 53.7 Å². The zero-order valence-corrected chi connectivity index (χ0v) is 18.4. The van der Waals surface area contributed by atoms with Crippen LogP contribution in [-0.4, -0.2) is 43.4 Å². The molecule has 1 aliphatic rings. The van der Waals surface area contributed by atoms with E-state index < -0.39 is 0 Å². The molecule has 1 unspecified atom stereocenters. The molecule has 1 aromatic heterocycles. The van der Waals surface area contributed by atoms with E-state index in [9.17, 15) is 0 Å². The van der Waals surface area contributed by atoms with Crippen molar-refractivity contribution < 1.29 is 9.47 Å². The van der Waals surface area contributed by atoms with Crippen molar-refractivity contribution >= 4 is 16.9 Å². The number of nitrogens with zero attached hydrogens (tertiary/aromatic N) is 1. The highest BCUT2D eigenvalue weighted by Gasteiger charge is 2.18. The second-order valence-electron chi connectivity index (χ2n) is 7.95. The van der Waals surface area contributed by atoms with E-state index in [0.717, 1.165) is 49.8 Å². The highest BCUT2D eigenvalue weighted by Crippen LogP contribution is 2.24. The van der Waals surface area contributed by atoms with E-state index in [0.29, 0.717) is 13.2 Å². The lowest BCUT2D eigenvalue weighted by atomic mass is 10.1. The molecule has 2 aromatic carbocycles. The molecular weight excluding hydrogens is 388 g/mol. The van der Waals surface area contributed by atoms with Crippen LogP contribution in [0.1, 0.15) is 30.0 Å². The maximum Gasteiger partial charge on any atom is 0.191 e. The summed E-state index contributed by atoms with van der Waals surface area (Å²) in [5, 5.41) is 8.09. The minimum atomic E-state index is 0.132. The van der Waals surface area contributed by atoms with Gasteiger partial charge in [0.1, 0.15) is 11.9 Å². The number of hydrogen-bond donors (Lipinski definition) is 3. The van der Waals surface area contributed by atoms with Crippen LogP contribution in [0, 0.1) is 6.92 Å². The summed E-state index contributed by atoms with van der Waals surface area (Å²) in [5.41, 5.74) is 4.77. The van der Waals surface area contributed by atoms with Crippen LogP contribution in [0.25, 0.3) is 10.9 Å². The third-order valence-electron chi connectivity index (χ3n) is 5.52. The van der Waals surface area contributed by atoms with Crippen molar-refractivity contribution in [1.82, 2.24) is 15.6 Å². The smallest absolute Gasteiger partial charge is 0.191 e. The number of rotatable bonds is 8. The standard InChI is InChI=1S/C25H32N4O2/c1-3-26-25(27-12-10-19-15-28-23-7-5-4-6-22(19)23)29-16-20-9-8-18(2)14-24(20)31-21-11-13-30-17-21/h4-9,14-15,21,28H,3,10-13,16-17H2,1-2H3,(H2,26,27,29). The topological polar surface area (TPSA) is 70.7 Å². The molecule has 0 spiro atoms. The molecule has 6 nitrogen and oxygen atoms in total. The van der Waals surface area contributed by atoms with E-state index in [1.54, 1.807) is 0 Å². The Bertz CT molecular complexity index is 1020. The first-order chi connectivity index (χ1) is 15.2. The number of nitrogens with one attached hydrogen (secondary N) is 3. The zero-order chi connectivity index (χ0) is 21.5. The maximum atomic E-state index is 6.21. The van der Waals surface area contributed by atoms with Gasteiger partial charge in [0.25, 0.3) is 0 Å². The van der Waals surface area contributed by atoms with Crippen molar-refractivity contribution in [2.75, 3.05) is 26.3 Å². The van der Waals surface area contributed by atoms with Gasteiger partial charge >= 0.3 is 0 Å². The van der Waals surface area contributed by atoms with Gasteiger partial charge in [0.2, 0.25) is 0 Å². The van der Waals surface area contributed by atoms with Crippen LogP contribution < -0.4 is 15.4 Å². The van der Waals surface area contributed by atoms with Crippen molar-refractivity contribution in [3.05, 3.63) is 65.4 Å². The number of aryl methyl sites for hydroxylation is 1. The van der Waals surface area contributed by atoms with Gasteiger partial charge in [-0.05, 0) is 43.5 Å². The predicted molar refractivity (Wildman–Crippen MR) is 126 cm³/mol. The van der Waals surface area contributed by atoms with Crippen molar-refractivity contribution in [3.8, 4) is 5.75 Å². The number of aliphatic imine (C=N–C) groups is 1. The van der Waals surface area contributed by atoms with Gasteiger partial charge in [-0.25, -0.2) is 4.99 Å². The number of ether oxygens (including phenoxy) is 2. The summed E-state index contributed by atoms with van der Waals surface area (Å²) in [4.78, 5) is 8.15. The van der Waals surface area contributed by atoms with Crippen LogP contribution in [0.5, 0.6) is 5.75 Å². The Hall–Kier alpha value is -2.99. The Labute approximate surface area is 184 Å². The molecule has 0 radical (unpaired) electrons. The van der Waals surface area contributed by atoms with Crippen molar-refractivity contribution in [2.24, 2.45) is 4.99 Å². The third kappa shape index (κ3) is 5.58. The Morgan fingerprint density at radius 1 is 1.19 bits per heavy atom. The maximum absolute atomic E-state index is 6.21. The fourth-order valence-corrected chi connectivity index (χ4v) is 3.85. The fraction of sp³-hybridized carbons (Fsp3) is 0.400. The first-order valence-corrected chi connectivity index (χ1v) is 11.1. The van der Waals surface area contributed by atoms with Crippen LogP contribution in [0.4, 0.5) is 0 Å². The average molecular weight is 421 g/mol. The second-order valence-corrected chi connectivity index (χ2v) is 7.95. The lowest BCUT2D eigenvalue weighted by molar-refractivity contribution is 0.140. The first kappa shape index (κ1) is 21.2. The number of fused-ring (bicyclic) bond motifs is 1. The van der Waals surface area contributed by atoms with Gasteiger partial charge in [-0.3, -0.25) is 0 Å². The lowest BCUT2D eigenvalue weighted by Crippen LogP contribution is -2.38. The Kier molecular flexibility index (Phi) is 7.10. The quantitative estimate of drug-likeness (QED) is 0.381. The van der Waals surface area contributed by atoms with Gasteiger partial charge in [-0.2, -0.15) is 0 Å². The van der Waals surface area contributed by atoms with Crippen LogP contribution in [0.3, 0.4) is 0 Å². The molecule has 31 heavy (non-hydrogen) atoms. The summed E-state index contributed by atoms with van der Waals surface area (Å²) in [6.45, 7) is 7.79. The van der Waals surface area contributed by atoms with Gasteiger partial charge in [0.05, 0.1) is 19.8 Å². The molecule has 1 fully saturated rings. The van der Waals surface area contributed by atoms with E-state index in [1.807, 2.05) is 0 Å². The van der Waals surface area contributed by atoms with E-state index >= 15 is 0 Å². The molecule has 3 aromatic rings. The van der Waals surface area contributed by atoms with Crippen molar-refractivity contribution in [3.63, 3.8) is 0 Å². The summed E-state index contributed by atoms with van der Waals surface area (Å²) in [6.07, 6.45) is 4.09. The number of H-pyrrole nitrogens is 1. The Balaban J connectivity index is 1.39. The van der Waals surface area contributed by atoms with Gasteiger partial charge in [0.15, 0.2) is 5.96 Å². The minimum Gasteiger partial charge on any atom is -0.488 e. The summed E-state index contributed by atoms with van der Waals surface area (Å²) in [6, 6.07) is 14.7. The molecule has 164 valence electrons. The van der Waals surface area contributed by atoms with Gasteiger partial charge in [0, 0.05) is 42.2 Å². The normalized spacial score (nSPS) is 16.6. The van der Waals surface area contributed by atoms with E-state index in [1.165, 1.54) is 22.0 Å². The van der Waals surface area contributed by atoms with Gasteiger partial charge in [-0.15, -0.1) is 0 Å². The molecule has 1 atom stereocenters. The number of aromatic amines is 1. The monoisotopic (exact) mass is 420 g/mol. The minimum absolute atomic E-state index is 0.132. The Morgan fingerprint density at radius 2 is 2.10 bits per heavy atom. The molecule has 0 aliphatic carbocycles. The molecule has 1 saturated heterocycles. The molecule has 0 saturated carbocycles. The highest BCUT2D eigenvalue weighted by atomic mass is 16.5. The largest absolute Gasteiger partial charge is 0.488 e. The SMILES string of the molecule is CCNC(=NCc1ccc(C)cc1OC1CCOC1)NCCc1c[nH]c2ccccc12. The van der Waals surface area contributed by atoms with Crippen molar-refractivity contribution in [1.29, 1.82) is 0 Å². The molecule has 4 rings (SSSR count). The molecular formula is C25H32N4O2. The number of guanidine groups is 1. The van der Waals surface area contributed by atoms with E-state index in [-0.39, 0.29) is 6.10 Å². The van der Waals surface area contributed by atoms with Crippen LogP contribution >= 0.6 is 0 Å². The van der Waals surface area contributed by atoms with E-state index in [2.05, 4.69) is 78.1 Å². The molecule has 3 N–H and O–H groups in total. The molecule has 6 heteroatoms. The summed E-state index contributed by atoms with van der Waals surface area (Å²) < 4.78 is 11.7. The lowest BCUT2D eigenvalue weighted by Gasteiger charge is -2.16. The number of benzene rings is 2. The summed E-state index contributed by atoms with van der Waals surface area (Å²) >= 11 is 0. The Morgan fingerprint density at radius 3 is 2.94 bits per heavy atom. The van der Waals surface area contributed by atoms with Crippen LogP contribution in [0.2, 0.25) is 0 Å². The predicted octanol–water partition coefficient (Wildman–Crippen LogP) is 3.94. The number of aromatic nitrogens is 1. The van der Waals surface area contributed by atoms with Crippen molar-refractivity contribution in [2.45, 2.75) is 39.3 Å². The van der Waals surface area contributed by atoms with E-state index in [4.69, 9.17) is 14.5 Å². The molecule has 2 heterocycles. The molecule has 0 amide bonds. The van der Waals surface area contributed by atoms with Gasteiger partial charge < -0.3 is 25.1 Å². The van der Waals surface area contributed by atoms with Gasteiger partial charge in [-0.1, -0.05) is 30.3 Å². The zero-order valence-electron chi connectivity index (χ0n) is 18.4. The summed E-state index contributed by atoms with van der Waals surface area (Å²) in [7, 11) is 0.